The number of methoxy groups -OCH3 is 1. The summed E-state index contributed by atoms with van der Waals surface area (Å²) < 4.78 is 5.32. The number of benzene rings is 1. The zero-order chi connectivity index (χ0) is 18.1. The van der Waals surface area contributed by atoms with Crippen molar-refractivity contribution in [2.24, 2.45) is 5.92 Å². The van der Waals surface area contributed by atoms with Crippen molar-refractivity contribution in [2.75, 3.05) is 38.2 Å². The van der Waals surface area contributed by atoms with E-state index in [4.69, 9.17) is 4.74 Å². The molecule has 6 nitrogen and oxygen atoms in total. The molecule has 1 unspecified atom stereocenters. The number of fused-ring (bicyclic) bond motifs is 1. The SMILES string of the molecule is COc1cccc(N2CCN(C(=O)C3CCc4nc(C)[nH]c4C3)CC2)c1. The third-order valence-electron chi connectivity index (χ3n) is 5.52. The number of aryl methyl sites for hydroxylation is 2. The van der Waals surface area contributed by atoms with Gasteiger partial charge in [-0.05, 0) is 31.9 Å². The number of rotatable bonds is 3. The summed E-state index contributed by atoms with van der Waals surface area (Å²) in [4.78, 5) is 25.2. The summed E-state index contributed by atoms with van der Waals surface area (Å²) in [6, 6.07) is 8.12. The van der Waals surface area contributed by atoms with Crippen LogP contribution < -0.4 is 9.64 Å². The van der Waals surface area contributed by atoms with E-state index in [2.05, 4.69) is 27.0 Å². The van der Waals surface area contributed by atoms with Gasteiger partial charge in [0.05, 0.1) is 12.8 Å². The molecule has 0 bridgehead atoms. The molecule has 0 saturated carbocycles. The van der Waals surface area contributed by atoms with Crippen molar-refractivity contribution in [1.29, 1.82) is 0 Å². The molecule has 1 amide bonds. The van der Waals surface area contributed by atoms with Crippen molar-refractivity contribution in [3.63, 3.8) is 0 Å². The molecule has 4 rings (SSSR count). The third kappa shape index (κ3) is 3.28. The predicted octanol–water partition coefficient (Wildman–Crippen LogP) is 2.18. The average molecular weight is 354 g/mol. The fourth-order valence-electron chi connectivity index (χ4n) is 4.08. The van der Waals surface area contributed by atoms with Crippen LogP contribution in [0.2, 0.25) is 0 Å². The first-order valence-corrected chi connectivity index (χ1v) is 9.36. The highest BCUT2D eigenvalue weighted by molar-refractivity contribution is 5.79. The van der Waals surface area contributed by atoms with Crippen LogP contribution in [-0.2, 0) is 17.6 Å². The fourth-order valence-corrected chi connectivity index (χ4v) is 4.08. The third-order valence-corrected chi connectivity index (χ3v) is 5.52. The average Bonchev–Trinajstić information content (AvgIpc) is 3.06. The number of hydrogen-bond acceptors (Lipinski definition) is 4. The highest BCUT2D eigenvalue weighted by atomic mass is 16.5. The molecular weight excluding hydrogens is 328 g/mol. The summed E-state index contributed by atoms with van der Waals surface area (Å²) in [6.07, 6.45) is 2.61. The second-order valence-electron chi connectivity index (χ2n) is 7.20. The minimum Gasteiger partial charge on any atom is -0.497 e. The maximum Gasteiger partial charge on any atom is 0.226 e. The number of carbonyl (C=O) groups is 1. The minimum atomic E-state index is 0.0886. The first-order valence-electron chi connectivity index (χ1n) is 9.36. The number of nitrogens with zero attached hydrogens (tertiary/aromatic N) is 3. The van der Waals surface area contributed by atoms with E-state index in [-0.39, 0.29) is 5.92 Å². The first-order chi connectivity index (χ1) is 12.6. The van der Waals surface area contributed by atoms with Crippen molar-refractivity contribution in [1.82, 2.24) is 14.9 Å². The van der Waals surface area contributed by atoms with Crippen molar-refractivity contribution in [2.45, 2.75) is 26.2 Å². The van der Waals surface area contributed by atoms with Gasteiger partial charge in [-0.25, -0.2) is 4.98 Å². The summed E-state index contributed by atoms with van der Waals surface area (Å²) in [5.74, 6) is 2.21. The number of imidazole rings is 1. The van der Waals surface area contributed by atoms with Crippen LogP contribution in [0.25, 0.3) is 0 Å². The van der Waals surface area contributed by atoms with Crippen LogP contribution in [0.5, 0.6) is 5.75 Å². The molecule has 2 heterocycles. The lowest BCUT2D eigenvalue weighted by Gasteiger charge is -2.38. The number of piperazine rings is 1. The van der Waals surface area contributed by atoms with Gasteiger partial charge in [-0.1, -0.05) is 6.07 Å². The van der Waals surface area contributed by atoms with Gasteiger partial charge in [0, 0.05) is 56.0 Å². The van der Waals surface area contributed by atoms with Crippen LogP contribution in [0.4, 0.5) is 5.69 Å². The van der Waals surface area contributed by atoms with E-state index in [1.54, 1.807) is 7.11 Å². The Morgan fingerprint density at radius 3 is 2.85 bits per heavy atom. The maximum atomic E-state index is 13.0. The molecule has 1 aliphatic carbocycles. The summed E-state index contributed by atoms with van der Waals surface area (Å²) in [6.45, 7) is 5.26. The molecule has 26 heavy (non-hydrogen) atoms. The molecule has 1 N–H and O–H groups in total. The monoisotopic (exact) mass is 354 g/mol. The number of ether oxygens (including phenoxy) is 1. The van der Waals surface area contributed by atoms with Crippen molar-refractivity contribution >= 4 is 11.6 Å². The topological polar surface area (TPSA) is 61.5 Å². The molecule has 1 aliphatic heterocycles. The van der Waals surface area contributed by atoms with Crippen molar-refractivity contribution in [3.05, 3.63) is 41.5 Å². The normalized spacial score (nSPS) is 20.0. The number of amides is 1. The molecule has 1 atom stereocenters. The molecule has 138 valence electrons. The van der Waals surface area contributed by atoms with Crippen LogP contribution >= 0.6 is 0 Å². The second-order valence-corrected chi connectivity index (χ2v) is 7.20. The Balaban J connectivity index is 1.36. The number of H-pyrrole nitrogens is 1. The highest BCUT2D eigenvalue weighted by Gasteiger charge is 2.31. The van der Waals surface area contributed by atoms with Crippen LogP contribution in [0, 0.1) is 12.8 Å². The molecule has 1 saturated heterocycles. The molecule has 0 radical (unpaired) electrons. The molecule has 2 aliphatic rings. The van der Waals surface area contributed by atoms with E-state index in [1.165, 1.54) is 0 Å². The van der Waals surface area contributed by atoms with E-state index >= 15 is 0 Å². The van der Waals surface area contributed by atoms with Gasteiger partial charge in [-0.15, -0.1) is 0 Å². The Kier molecular flexibility index (Phi) is 4.57. The minimum absolute atomic E-state index is 0.0886. The van der Waals surface area contributed by atoms with E-state index in [9.17, 15) is 4.79 Å². The molecule has 2 aromatic rings. The van der Waals surface area contributed by atoms with Gasteiger partial charge >= 0.3 is 0 Å². The highest BCUT2D eigenvalue weighted by Crippen LogP contribution is 2.27. The number of aromatic nitrogens is 2. The summed E-state index contributed by atoms with van der Waals surface area (Å²) >= 11 is 0. The van der Waals surface area contributed by atoms with Crippen LogP contribution in [0.3, 0.4) is 0 Å². The molecule has 1 aromatic carbocycles. The Morgan fingerprint density at radius 2 is 2.08 bits per heavy atom. The Hall–Kier alpha value is -2.50. The summed E-state index contributed by atoms with van der Waals surface area (Å²) in [5, 5.41) is 0. The van der Waals surface area contributed by atoms with E-state index in [0.29, 0.717) is 5.91 Å². The number of anilines is 1. The Labute approximate surface area is 154 Å². The molecule has 1 aromatic heterocycles. The molecular formula is C20H26N4O2. The zero-order valence-corrected chi connectivity index (χ0v) is 15.5. The van der Waals surface area contributed by atoms with Crippen LogP contribution in [0.15, 0.2) is 24.3 Å². The van der Waals surface area contributed by atoms with Gasteiger partial charge < -0.3 is 19.5 Å². The van der Waals surface area contributed by atoms with Gasteiger partial charge in [0.2, 0.25) is 5.91 Å². The van der Waals surface area contributed by atoms with E-state index in [1.807, 2.05) is 24.0 Å². The van der Waals surface area contributed by atoms with Gasteiger partial charge in [0.1, 0.15) is 11.6 Å². The lowest BCUT2D eigenvalue weighted by atomic mass is 9.88. The fraction of sp³-hybridized carbons (Fsp3) is 0.500. The summed E-state index contributed by atoms with van der Waals surface area (Å²) in [7, 11) is 1.69. The quantitative estimate of drug-likeness (QED) is 0.918. The first kappa shape index (κ1) is 16.9. The maximum absolute atomic E-state index is 13.0. The van der Waals surface area contributed by atoms with Gasteiger partial charge in [0.25, 0.3) is 0 Å². The van der Waals surface area contributed by atoms with E-state index in [0.717, 1.165) is 74.1 Å². The predicted molar refractivity (Wildman–Crippen MR) is 101 cm³/mol. The number of nitrogens with one attached hydrogen (secondary N) is 1. The van der Waals surface area contributed by atoms with E-state index < -0.39 is 0 Å². The van der Waals surface area contributed by atoms with Crippen LogP contribution in [-0.4, -0.2) is 54.1 Å². The Bertz CT molecular complexity index is 793. The molecule has 0 spiro atoms. The smallest absolute Gasteiger partial charge is 0.226 e. The van der Waals surface area contributed by atoms with Gasteiger partial charge in [0.15, 0.2) is 0 Å². The second kappa shape index (κ2) is 7.02. The summed E-state index contributed by atoms with van der Waals surface area (Å²) in [5.41, 5.74) is 3.46. The largest absolute Gasteiger partial charge is 0.497 e. The Morgan fingerprint density at radius 1 is 1.27 bits per heavy atom. The van der Waals surface area contributed by atoms with Crippen molar-refractivity contribution < 1.29 is 9.53 Å². The lowest BCUT2D eigenvalue weighted by Crippen LogP contribution is -2.51. The molecule has 6 heteroatoms. The zero-order valence-electron chi connectivity index (χ0n) is 15.5. The van der Waals surface area contributed by atoms with Crippen molar-refractivity contribution in [3.8, 4) is 5.75 Å². The van der Waals surface area contributed by atoms with Gasteiger partial charge in [-0.2, -0.15) is 0 Å². The standard InChI is InChI=1S/C20H26N4O2/c1-14-21-18-7-6-15(12-19(18)22-14)20(25)24-10-8-23(9-11-24)16-4-3-5-17(13-16)26-2/h3-5,13,15H,6-12H2,1-2H3,(H,21,22). The number of aromatic amines is 1. The van der Waals surface area contributed by atoms with Gasteiger partial charge in [-0.3, -0.25) is 4.79 Å². The number of hydrogen-bond donors (Lipinski definition) is 1. The molecule has 1 fully saturated rings. The number of carbonyl (C=O) groups excluding carboxylic acids is 1. The lowest BCUT2D eigenvalue weighted by molar-refractivity contribution is -0.136. The van der Waals surface area contributed by atoms with Crippen LogP contribution in [0.1, 0.15) is 23.6 Å².